The topological polar surface area (TPSA) is 116 Å². The number of nitrogens with one attached hydrogen (secondary N) is 1. The number of aryl methyl sites for hydroxylation is 1. The third-order valence-electron chi connectivity index (χ3n) is 4.15. The van der Waals surface area contributed by atoms with Crippen molar-refractivity contribution in [3.05, 3.63) is 45.8 Å². The van der Waals surface area contributed by atoms with Crippen molar-refractivity contribution in [3.8, 4) is 0 Å². The van der Waals surface area contributed by atoms with Crippen molar-refractivity contribution in [2.75, 3.05) is 24.8 Å². The van der Waals surface area contributed by atoms with Crippen molar-refractivity contribution >= 4 is 44.0 Å². The van der Waals surface area contributed by atoms with E-state index < -0.39 is 34.3 Å². The van der Waals surface area contributed by atoms with Crippen LogP contribution in [0.3, 0.4) is 0 Å². The molecular formula is C20H23NO7S2. The molecule has 2 rings (SSSR count). The third kappa shape index (κ3) is 5.67. The van der Waals surface area contributed by atoms with Gasteiger partial charge in [0.1, 0.15) is 5.00 Å². The summed E-state index contributed by atoms with van der Waals surface area (Å²) < 4.78 is 33.0. The van der Waals surface area contributed by atoms with E-state index in [1.54, 1.807) is 13.8 Å². The first-order valence-electron chi connectivity index (χ1n) is 9.14. The minimum atomic E-state index is -3.38. The van der Waals surface area contributed by atoms with Gasteiger partial charge < -0.3 is 14.8 Å². The number of benzene rings is 1. The molecule has 0 saturated carbocycles. The quantitative estimate of drug-likeness (QED) is 0.611. The van der Waals surface area contributed by atoms with Crippen LogP contribution >= 0.6 is 11.3 Å². The molecule has 30 heavy (non-hydrogen) atoms. The maximum absolute atomic E-state index is 12.3. The number of anilines is 1. The van der Waals surface area contributed by atoms with Crippen molar-refractivity contribution in [1.29, 1.82) is 0 Å². The Hall–Kier alpha value is -2.72. The van der Waals surface area contributed by atoms with Crippen LogP contribution < -0.4 is 5.32 Å². The second-order valence-corrected chi connectivity index (χ2v) is 9.47. The molecular weight excluding hydrogens is 430 g/mol. The number of esters is 2. The molecule has 0 fully saturated rings. The van der Waals surface area contributed by atoms with Gasteiger partial charge in [0.2, 0.25) is 0 Å². The van der Waals surface area contributed by atoms with Crippen LogP contribution in [0.25, 0.3) is 0 Å². The van der Waals surface area contributed by atoms with Crippen LogP contribution in [0.2, 0.25) is 0 Å². The number of hydrogen-bond donors (Lipinski definition) is 1. The van der Waals surface area contributed by atoms with Crippen LogP contribution in [-0.2, 0) is 30.5 Å². The zero-order valence-corrected chi connectivity index (χ0v) is 18.7. The predicted octanol–water partition coefficient (Wildman–Crippen LogP) is 2.99. The van der Waals surface area contributed by atoms with Crippen molar-refractivity contribution in [2.45, 2.75) is 32.1 Å². The van der Waals surface area contributed by atoms with Crippen LogP contribution in [0.4, 0.5) is 5.00 Å². The molecule has 8 nitrogen and oxygen atoms in total. The Morgan fingerprint density at radius 1 is 1.03 bits per heavy atom. The number of hydrogen-bond acceptors (Lipinski definition) is 8. The molecule has 0 bridgehead atoms. The van der Waals surface area contributed by atoms with Gasteiger partial charge in [0.15, 0.2) is 16.4 Å². The Labute approximate surface area is 179 Å². The first-order chi connectivity index (χ1) is 14.1. The number of carbonyl (C=O) groups excluding carboxylic acids is 3. The highest BCUT2D eigenvalue weighted by Gasteiger charge is 2.23. The molecule has 1 amide bonds. The maximum Gasteiger partial charge on any atom is 0.341 e. The molecule has 1 heterocycles. The second kappa shape index (κ2) is 9.86. The molecule has 1 aromatic carbocycles. The largest absolute Gasteiger partial charge is 0.462 e. The highest BCUT2D eigenvalue weighted by atomic mass is 32.2. The van der Waals surface area contributed by atoms with E-state index in [9.17, 15) is 22.8 Å². The van der Waals surface area contributed by atoms with Gasteiger partial charge in [0.25, 0.3) is 5.91 Å². The van der Waals surface area contributed by atoms with Gasteiger partial charge >= 0.3 is 11.9 Å². The lowest BCUT2D eigenvalue weighted by molar-refractivity contribution is -0.119. The second-order valence-electron chi connectivity index (χ2n) is 6.35. The first kappa shape index (κ1) is 23.6. The lowest BCUT2D eigenvalue weighted by Crippen LogP contribution is -2.21. The van der Waals surface area contributed by atoms with Gasteiger partial charge in [-0.25, -0.2) is 18.0 Å². The van der Waals surface area contributed by atoms with Gasteiger partial charge in [0, 0.05) is 11.1 Å². The smallest absolute Gasteiger partial charge is 0.341 e. The zero-order valence-electron chi connectivity index (χ0n) is 17.1. The Kier molecular flexibility index (Phi) is 7.74. The standard InChI is InChI=1S/C20H23NO7S2/c1-5-15-12(3)17(20(24)27-6-2)18(29-15)21-16(22)11-28-19(23)13-7-9-14(10-8-13)30(4,25)26/h7-10H,5-6,11H2,1-4H3,(H,21,22). The van der Waals surface area contributed by atoms with Crippen LogP contribution in [0.1, 0.15) is 45.0 Å². The molecule has 2 aromatic rings. The minimum absolute atomic E-state index is 0.0723. The predicted molar refractivity (Wildman–Crippen MR) is 113 cm³/mol. The highest BCUT2D eigenvalue weighted by molar-refractivity contribution is 7.90. The van der Waals surface area contributed by atoms with Crippen LogP contribution in [0, 0.1) is 6.92 Å². The summed E-state index contributed by atoms with van der Waals surface area (Å²) in [4.78, 5) is 37.6. The summed E-state index contributed by atoms with van der Waals surface area (Å²) >= 11 is 1.27. The minimum Gasteiger partial charge on any atom is -0.462 e. The summed E-state index contributed by atoms with van der Waals surface area (Å²) in [6.45, 7) is 5.07. The van der Waals surface area contributed by atoms with Crippen molar-refractivity contribution in [3.63, 3.8) is 0 Å². The Morgan fingerprint density at radius 3 is 2.20 bits per heavy atom. The van der Waals surface area contributed by atoms with Gasteiger partial charge in [-0.15, -0.1) is 11.3 Å². The molecule has 0 aliphatic heterocycles. The summed E-state index contributed by atoms with van der Waals surface area (Å²) in [6.07, 6.45) is 1.75. The SMILES string of the molecule is CCOC(=O)c1c(NC(=O)COC(=O)c2ccc(S(C)(=O)=O)cc2)sc(CC)c1C. The number of sulfone groups is 1. The van der Waals surface area contributed by atoms with E-state index in [2.05, 4.69) is 5.32 Å². The molecule has 1 aromatic heterocycles. The lowest BCUT2D eigenvalue weighted by Gasteiger charge is -2.08. The Balaban J connectivity index is 2.06. The zero-order chi connectivity index (χ0) is 22.5. The van der Waals surface area contributed by atoms with Gasteiger partial charge in [0.05, 0.1) is 22.6 Å². The number of ether oxygens (including phenoxy) is 2. The van der Waals surface area contributed by atoms with E-state index >= 15 is 0 Å². The van der Waals surface area contributed by atoms with Crippen molar-refractivity contribution < 1.29 is 32.3 Å². The molecule has 0 radical (unpaired) electrons. The molecule has 0 saturated heterocycles. The fraction of sp³-hybridized carbons (Fsp3) is 0.350. The van der Waals surface area contributed by atoms with Gasteiger partial charge in [-0.3, -0.25) is 4.79 Å². The van der Waals surface area contributed by atoms with E-state index in [-0.39, 0.29) is 17.1 Å². The molecule has 0 aliphatic carbocycles. The summed E-state index contributed by atoms with van der Waals surface area (Å²) in [5.74, 6) is -1.90. The van der Waals surface area contributed by atoms with E-state index in [1.807, 2.05) is 6.92 Å². The van der Waals surface area contributed by atoms with Crippen LogP contribution in [0.15, 0.2) is 29.2 Å². The van der Waals surface area contributed by atoms with Crippen LogP contribution in [0.5, 0.6) is 0 Å². The first-order valence-corrected chi connectivity index (χ1v) is 11.9. The Bertz CT molecular complexity index is 1050. The molecule has 0 aliphatic rings. The fourth-order valence-electron chi connectivity index (χ4n) is 2.65. The normalized spacial score (nSPS) is 11.1. The van der Waals surface area contributed by atoms with Crippen molar-refractivity contribution in [1.82, 2.24) is 0 Å². The molecule has 162 valence electrons. The average molecular weight is 454 g/mol. The monoisotopic (exact) mass is 453 g/mol. The summed E-state index contributed by atoms with van der Waals surface area (Å²) in [6, 6.07) is 5.20. The van der Waals surface area contributed by atoms with E-state index in [0.29, 0.717) is 17.0 Å². The van der Waals surface area contributed by atoms with Gasteiger partial charge in [-0.05, 0) is 50.1 Å². The van der Waals surface area contributed by atoms with Crippen LogP contribution in [-0.4, -0.2) is 45.7 Å². The summed E-state index contributed by atoms with van der Waals surface area (Å²) in [7, 11) is -3.38. The average Bonchev–Trinajstić information content (AvgIpc) is 3.00. The summed E-state index contributed by atoms with van der Waals surface area (Å²) in [5, 5.41) is 2.95. The maximum atomic E-state index is 12.3. The highest BCUT2D eigenvalue weighted by Crippen LogP contribution is 2.34. The molecule has 0 unspecified atom stereocenters. The molecule has 1 N–H and O–H groups in total. The summed E-state index contributed by atoms with van der Waals surface area (Å²) in [5.41, 5.74) is 1.16. The number of thiophene rings is 1. The molecule has 0 spiro atoms. The van der Waals surface area contributed by atoms with Gasteiger partial charge in [-0.1, -0.05) is 6.92 Å². The molecule has 10 heteroatoms. The number of rotatable bonds is 8. The van der Waals surface area contributed by atoms with Crippen molar-refractivity contribution in [2.24, 2.45) is 0 Å². The van der Waals surface area contributed by atoms with Gasteiger partial charge in [-0.2, -0.15) is 0 Å². The van der Waals surface area contributed by atoms with E-state index in [4.69, 9.17) is 9.47 Å². The molecule has 0 atom stereocenters. The number of carbonyl (C=O) groups is 3. The fourth-order valence-corrected chi connectivity index (χ4v) is 4.43. The lowest BCUT2D eigenvalue weighted by atomic mass is 10.1. The Morgan fingerprint density at radius 2 is 1.67 bits per heavy atom. The van der Waals surface area contributed by atoms with E-state index in [1.165, 1.54) is 35.6 Å². The number of amides is 1. The van der Waals surface area contributed by atoms with E-state index in [0.717, 1.165) is 16.7 Å². The third-order valence-corrected chi connectivity index (χ3v) is 6.63.